The normalized spacial score (nSPS) is 14.7. The van der Waals surface area contributed by atoms with Crippen LogP contribution in [-0.4, -0.2) is 15.1 Å². The molecular weight excluding hydrogens is 332 g/mol. The van der Waals surface area contributed by atoms with Crippen LogP contribution in [0.15, 0.2) is 23.0 Å². The Hall–Kier alpha value is -1.85. The van der Waals surface area contributed by atoms with Gasteiger partial charge in [0.05, 0.1) is 10.9 Å². The number of fused-ring (bicyclic) bond motifs is 3. The van der Waals surface area contributed by atoms with Crippen molar-refractivity contribution in [3.63, 3.8) is 0 Å². The van der Waals surface area contributed by atoms with E-state index in [1.165, 1.54) is 23.8 Å². The van der Waals surface area contributed by atoms with Gasteiger partial charge in [0.2, 0.25) is 0 Å². The third kappa shape index (κ3) is 2.54. The number of benzene rings is 1. The highest BCUT2D eigenvalue weighted by atomic mass is 35.5. The second kappa shape index (κ2) is 5.65. The fourth-order valence-electron chi connectivity index (χ4n) is 3.17. The van der Waals surface area contributed by atoms with Crippen LogP contribution in [0.2, 0.25) is 5.02 Å². The molecule has 118 valence electrons. The van der Waals surface area contributed by atoms with Crippen LogP contribution >= 0.6 is 22.9 Å². The van der Waals surface area contributed by atoms with E-state index in [0.29, 0.717) is 16.4 Å². The van der Waals surface area contributed by atoms with Crippen molar-refractivity contribution in [1.29, 1.82) is 0 Å². The van der Waals surface area contributed by atoms with Gasteiger partial charge in [-0.2, -0.15) is 0 Å². The molecule has 0 amide bonds. The summed E-state index contributed by atoms with van der Waals surface area (Å²) < 4.78 is 0. The van der Waals surface area contributed by atoms with Crippen LogP contribution in [0.5, 0.6) is 5.75 Å². The third-order valence-electron chi connectivity index (χ3n) is 4.29. The van der Waals surface area contributed by atoms with Gasteiger partial charge in [0, 0.05) is 9.90 Å². The summed E-state index contributed by atoms with van der Waals surface area (Å²) in [6.45, 7) is 0. The monoisotopic (exact) mass is 346 g/mol. The van der Waals surface area contributed by atoms with Crippen molar-refractivity contribution in [1.82, 2.24) is 9.97 Å². The van der Waals surface area contributed by atoms with Gasteiger partial charge in [-0.25, -0.2) is 4.98 Å². The van der Waals surface area contributed by atoms with E-state index in [2.05, 4.69) is 9.97 Å². The van der Waals surface area contributed by atoms with E-state index >= 15 is 0 Å². The van der Waals surface area contributed by atoms with Crippen LogP contribution in [0.4, 0.5) is 0 Å². The Kier molecular flexibility index (Phi) is 3.62. The van der Waals surface area contributed by atoms with E-state index in [0.717, 1.165) is 35.0 Å². The fourth-order valence-corrected chi connectivity index (χ4v) is 4.60. The lowest BCUT2D eigenvalue weighted by Gasteiger charge is -2.05. The Labute approximate surface area is 141 Å². The summed E-state index contributed by atoms with van der Waals surface area (Å²) in [4.78, 5) is 22.0. The van der Waals surface area contributed by atoms with Crippen molar-refractivity contribution in [2.75, 3.05) is 0 Å². The number of nitrogens with one attached hydrogen (secondary N) is 1. The number of halogens is 1. The molecule has 0 unspecified atom stereocenters. The Morgan fingerprint density at radius 2 is 2.04 bits per heavy atom. The van der Waals surface area contributed by atoms with Gasteiger partial charge in [-0.05, 0) is 49.4 Å². The number of H-pyrrole nitrogens is 1. The minimum Gasteiger partial charge on any atom is -0.507 e. The summed E-state index contributed by atoms with van der Waals surface area (Å²) in [6.07, 6.45) is 5.47. The molecule has 1 aliphatic rings. The molecule has 1 aliphatic carbocycles. The maximum Gasteiger partial charge on any atom is 0.260 e. The molecule has 4 nitrogen and oxygen atoms in total. The summed E-state index contributed by atoms with van der Waals surface area (Å²) in [5.41, 5.74) is 1.47. The first-order chi connectivity index (χ1) is 11.1. The second-order valence-electron chi connectivity index (χ2n) is 5.82. The summed E-state index contributed by atoms with van der Waals surface area (Å²) in [5, 5.41) is 11.2. The number of rotatable bonds is 1. The lowest BCUT2D eigenvalue weighted by atomic mass is 10.1. The van der Waals surface area contributed by atoms with E-state index in [1.54, 1.807) is 23.5 Å². The average Bonchev–Trinajstić information content (AvgIpc) is 2.72. The van der Waals surface area contributed by atoms with Crippen LogP contribution in [-0.2, 0) is 12.8 Å². The zero-order chi connectivity index (χ0) is 16.0. The number of aryl methyl sites for hydroxylation is 2. The van der Waals surface area contributed by atoms with Crippen molar-refractivity contribution in [2.45, 2.75) is 32.1 Å². The molecule has 3 aromatic rings. The minimum absolute atomic E-state index is 0.0509. The van der Waals surface area contributed by atoms with E-state index in [-0.39, 0.29) is 11.3 Å². The molecule has 23 heavy (non-hydrogen) atoms. The van der Waals surface area contributed by atoms with Gasteiger partial charge in [-0.15, -0.1) is 11.3 Å². The number of thiophene rings is 1. The smallest absolute Gasteiger partial charge is 0.260 e. The fraction of sp³-hybridized carbons (Fsp3) is 0.294. The molecular formula is C17H15ClN2O2S. The first-order valence-electron chi connectivity index (χ1n) is 7.67. The Bertz CT molecular complexity index is 961. The van der Waals surface area contributed by atoms with Gasteiger partial charge in [-0.3, -0.25) is 4.79 Å². The van der Waals surface area contributed by atoms with E-state index in [9.17, 15) is 9.90 Å². The number of aromatic amines is 1. The molecule has 2 heterocycles. The first kappa shape index (κ1) is 14.7. The highest BCUT2D eigenvalue weighted by molar-refractivity contribution is 7.18. The third-order valence-corrected chi connectivity index (χ3v) is 5.71. The van der Waals surface area contributed by atoms with Gasteiger partial charge < -0.3 is 10.1 Å². The highest BCUT2D eigenvalue weighted by Gasteiger charge is 2.20. The quantitative estimate of drug-likeness (QED) is 0.646. The molecule has 1 aromatic carbocycles. The van der Waals surface area contributed by atoms with Crippen molar-refractivity contribution in [2.24, 2.45) is 0 Å². The van der Waals surface area contributed by atoms with Gasteiger partial charge in [0.1, 0.15) is 16.4 Å². The molecule has 0 spiro atoms. The number of phenols is 1. The standard InChI is InChI=1S/C17H15ClN2O2S/c18-9-6-7-12(21)11(8-9)15-19-16(22)14-10-4-2-1-3-5-13(10)23-17(14)20-15/h6-8,21H,1-5H2,(H,19,20,22). The summed E-state index contributed by atoms with van der Waals surface area (Å²) in [7, 11) is 0. The topological polar surface area (TPSA) is 66.0 Å². The van der Waals surface area contributed by atoms with Gasteiger partial charge in [-0.1, -0.05) is 18.0 Å². The van der Waals surface area contributed by atoms with Crippen LogP contribution < -0.4 is 5.56 Å². The molecule has 0 aliphatic heterocycles. The molecule has 2 N–H and O–H groups in total. The predicted molar refractivity (Wildman–Crippen MR) is 93.6 cm³/mol. The van der Waals surface area contributed by atoms with Crippen molar-refractivity contribution < 1.29 is 5.11 Å². The SMILES string of the molecule is O=c1[nH]c(-c2cc(Cl)ccc2O)nc2sc3c(c12)CCCCC3. The van der Waals surface area contributed by atoms with Crippen LogP contribution in [0.1, 0.15) is 29.7 Å². The molecule has 0 fully saturated rings. The average molecular weight is 347 g/mol. The van der Waals surface area contributed by atoms with E-state index < -0.39 is 0 Å². The number of hydrogen-bond donors (Lipinski definition) is 2. The largest absolute Gasteiger partial charge is 0.507 e. The van der Waals surface area contributed by atoms with Crippen molar-refractivity contribution in [3.8, 4) is 17.1 Å². The summed E-state index contributed by atoms with van der Waals surface area (Å²) >= 11 is 7.60. The molecule has 0 radical (unpaired) electrons. The lowest BCUT2D eigenvalue weighted by Crippen LogP contribution is -2.10. The zero-order valence-electron chi connectivity index (χ0n) is 12.4. The zero-order valence-corrected chi connectivity index (χ0v) is 13.9. The van der Waals surface area contributed by atoms with Crippen molar-refractivity contribution in [3.05, 3.63) is 44.0 Å². The van der Waals surface area contributed by atoms with E-state index in [4.69, 9.17) is 11.6 Å². The Balaban J connectivity index is 1.95. The van der Waals surface area contributed by atoms with Gasteiger partial charge in [0.15, 0.2) is 0 Å². The molecule has 0 saturated carbocycles. The number of aromatic hydroxyl groups is 1. The maximum atomic E-state index is 12.6. The predicted octanol–water partition coefficient (Wildman–Crippen LogP) is 4.28. The highest BCUT2D eigenvalue weighted by Crippen LogP contribution is 2.35. The summed E-state index contributed by atoms with van der Waals surface area (Å²) in [5.74, 6) is 0.411. The van der Waals surface area contributed by atoms with Crippen LogP contribution in [0.3, 0.4) is 0 Å². The molecule has 2 aromatic heterocycles. The number of hydrogen-bond acceptors (Lipinski definition) is 4. The Morgan fingerprint density at radius 3 is 2.91 bits per heavy atom. The molecule has 0 bridgehead atoms. The first-order valence-corrected chi connectivity index (χ1v) is 8.86. The number of nitrogens with zero attached hydrogens (tertiary/aromatic N) is 1. The molecule has 0 saturated heterocycles. The minimum atomic E-state index is -0.135. The number of aromatic nitrogens is 2. The van der Waals surface area contributed by atoms with Crippen molar-refractivity contribution >= 4 is 33.2 Å². The molecule has 4 rings (SSSR count). The van der Waals surface area contributed by atoms with E-state index in [1.807, 2.05) is 0 Å². The lowest BCUT2D eigenvalue weighted by molar-refractivity contribution is 0.477. The Morgan fingerprint density at radius 1 is 1.22 bits per heavy atom. The second-order valence-corrected chi connectivity index (χ2v) is 7.34. The molecule has 0 atom stereocenters. The molecule has 6 heteroatoms. The van der Waals surface area contributed by atoms with Crippen LogP contribution in [0, 0.1) is 0 Å². The maximum absolute atomic E-state index is 12.6. The summed E-state index contributed by atoms with van der Waals surface area (Å²) in [6, 6.07) is 4.72. The number of phenolic OH excluding ortho intramolecular Hbond substituents is 1. The van der Waals surface area contributed by atoms with Crippen LogP contribution in [0.25, 0.3) is 21.6 Å². The van der Waals surface area contributed by atoms with Gasteiger partial charge in [0.25, 0.3) is 5.56 Å². The van der Waals surface area contributed by atoms with Gasteiger partial charge >= 0.3 is 0 Å².